The van der Waals surface area contributed by atoms with Crippen molar-refractivity contribution in [3.05, 3.63) is 64.1 Å². The number of halogens is 2. The normalized spacial score (nSPS) is 18.2. The second kappa shape index (κ2) is 9.06. The summed E-state index contributed by atoms with van der Waals surface area (Å²) in [5.41, 5.74) is 1.30. The lowest BCUT2D eigenvalue weighted by Crippen LogP contribution is -2.57. The summed E-state index contributed by atoms with van der Waals surface area (Å²) >= 11 is 12.0. The highest BCUT2D eigenvalue weighted by Gasteiger charge is 2.46. The SMILES string of the molecule is CCC(=O)N(CC)C1(C)CN(C(=O)Nc2ccc(Cl)cc2)N=C1c1ccc(Cl)cc1. The summed E-state index contributed by atoms with van der Waals surface area (Å²) in [7, 11) is 0. The molecule has 1 N–H and O–H groups in total. The van der Waals surface area contributed by atoms with Crippen LogP contribution < -0.4 is 5.32 Å². The second-order valence-corrected chi connectivity index (χ2v) is 8.09. The molecule has 0 spiro atoms. The van der Waals surface area contributed by atoms with Crippen LogP contribution in [0.4, 0.5) is 10.5 Å². The number of likely N-dealkylation sites (N-methyl/N-ethyl adjacent to an activating group) is 1. The zero-order chi connectivity index (χ0) is 21.9. The number of hydrogen-bond acceptors (Lipinski definition) is 3. The van der Waals surface area contributed by atoms with Crippen molar-refractivity contribution in [1.29, 1.82) is 0 Å². The first kappa shape index (κ1) is 22.1. The number of hydrazone groups is 1. The summed E-state index contributed by atoms with van der Waals surface area (Å²) in [5, 5.41) is 10.00. The first-order chi connectivity index (χ1) is 14.3. The van der Waals surface area contributed by atoms with Gasteiger partial charge < -0.3 is 10.2 Å². The van der Waals surface area contributed by atoms with Crippen molar-refractivity contribution in [3.63, 3.8) is 0 Å². The highest BCUT2D eigenvalue weighted by atomic mass is 35.5. The minimum atomic E-state index is -0.771. The first-order valence-electron chi connectivity index (χ1n) is 9.78. The third-order valence-electron chi connectivity index (χ3n) is 5.15. The molecule has 3 amide bonds. The van der Waals surface area contributed by atoms with Crippen molar-refractivity contribution < 1.29 is 9.59 Å². The van der Waals surface area contributed by atoms with E-state index in [1.165, 1.54) is 5.01 Å². The predicted octanol–water partition coefficient (Wildman–Crippen LogP) is 5.26. The highest BCUT2D eigenvalue weighted by molar-refractivity contribution is 6.31. The number of hydrogen-bond donors (Lipinski definition) is 1. The molecule has 6 nitrogen and oxygen atoms in total. The Bertz CT molecular complexity index is 960. The van der Waals surface area contributed by atoms with Gasteiger partial charge in [-0.2, -0.15) is 5.10 Å². The Morgan fingerprint density at radius 2 is 1.63 bits per heavy atom. The fraction of sp³-hybridized carbons (Fsp3) is 0.318. The molecule has 2 aromatic carbocycles. The molecule has 0 aliphatic carbocycles. The Kier molecular flexibility index (Phi) is 6.68. The van der Waals surface area contributed by atoms with Crippen LogP contribution in [0.3, 0.4) is 0 Å². The summed E-state index contributed by atoms with van der Waals surface area (Å²) in [6.45, 7) is 6.43. The molecule has 8 heteroatoms. The van der Waals surface area contributed by atoms with Crippen LogP contribution in [-0.2, 0) is 4.79 Å². The molecule has 1 aliphatic heterocycles. The summed E-state index contributed by atoms with van der Waals surface area (Å²) in [6, 6.07) is 13.7. The molecule has 0 aromatic heterocycles. The number of urea groups is 1. The molecule has 0 saturated heterocycles. The molecule has 0 radical (unpaired) electrons. The third-order valence-corrected chi connectivity index (χ3v) is 5.66. The fourth-order valence-electron chi connectivity index (χ4n) is 3.65. The molecule has 2 aromatic rings. The van der Waals surface area contributed by atoms with Gasteiger partial charge in [0.2, 0.25) is 5.91 Å². The van der Waals surface area contributed by atoms with E-state index in [0.29, 0.717) is 34.4 Å². The Labute approximate surface area is 186 Å². The molecule has 0 bridgehead atoms. The molecule has 158 valence electrons. The Morgan fingerprint density at radius 1 is 1.07 bits per heavy atom. The maximum Gasteiger partial charge on any atom is 0.342 e. The van der Waals surface area contributed by atoms with Gasteiger partial charge in [-0.05, 0) is 50.2 Å². The molecule has 1 aliphatic rings. The lowest BCUT2D eigenvalue weighted by Gasteiger charge is -2.38. The summed E-state index contributed by atoms with van der Waals surface area (Å²) in [5.74, 6) is 0.00150. The van der Waals surface area contributed by atoms with Gasteiger partial charge in [0, 0.05) is 34.3 Å². The monoisotopic (exact) mass is 446 g/mol. The van der Waals surface area contributed by atoms with E-state index in [4.69, 9.17) is 23.2 Å². The quantitative estimate of drug-likeness (QED) is 0.680. The zero-order valence-electron chi connectivity index (χ0n) is 17.2. The molecule has 1 atom stereocenters. The maximum atomic E-state index is 12.9. The van der Waals surface area contributed by atoms with Gasteiger partial charge in [0.1, 0.15) is 5.54 Å². The van der Waals surface area contributed by atoms with Gasteiger partial charge in [-0.25, -0.2) is 9.80 Å². The smallest absolute Gasteiger partial charge is 0.330 e. The zero-order valence-corrected chi connectivity index (χ0v) is 18.7. The van der Waals surface area contributed by atoms with Crippen LogP contribution in [-0.4, -0.2) is 46.2 Å². The molecular formula is C22H24Cl2N4O2. The summed E-state index contributed by atoms with van der Waals surface area (Å²) < 4.78 is 0. The predicted molar refractivity (Wildman–Crippen MR) is 121 cm³/mol. The Hall–Kier alpha value is -2.57. The van der Waals surface area contributed by atoms with Crippen molar-refractivity contribution in [2.45, 2.75) is 32.7 Å². The van der Waals surface area contributed by atoms with Gasteiger partial charge in [-0.15, -0.1) is 0 Å². The van der Waals surface area contributed by atoms with Crippen LogP contribution in [0.1, 0.15) is 32.8 Å². The summed E-state index contributed by atoms with van der Waals surface area (Å²) in [6.07, 6.45) is 0.369. The van der Waals surface area contributed by atoms with E-state index in [1.807, 2.05) is 32.9 Å². The fourth-order valence-corrected chi connectivity index (χ4v) is 3.90. The van der Waals surface area contributed by atoms with Crippen LogP contribution >= 0.6 is 23.2 Å². The van der Waals surface area contributed by atoms with Crippen LogP contribution in [0.2, 0.25) is 10.0 Å². The molecular weight excluding hydrogens is 423 g/mol. The van der Waals surface area contributed by atoms with Gasteiger partial charge in [0.15, 0.2) is 0 Å². The largest absolute Gasteiger partial charge is 0.342 e. The van der Waals surface area contributed by atoms with E-state index in [-0.39, 0.29) is 18.5 Å². The van der Waals surface area contributed by atoms with Crippen molar-refractivity contribution >= 4 is 46.5 Å². The van der Waals surface area contributed by atoms with Crippen molar-refractivity contribution in [1.82, 2.24) is 9.91 Å². The third kappa shape index (κ3) is 4.45. The average Bonchev–Trinajstić information content (AvgIpc) is 3.09. The van der Waals surface area contributed by atoms with E-state index in [9.17, 15) is 9.59 Å². The summed E-state index contributed by atoms with van der Waals surface area (Å²) in [4.78, 5) is 27.4. The lowest BCUT2D eigenvalue weighted by atomic mass is 9.88. The van der Waals surface area contributed by atoms with Crippen molar-refractivity contribution in [2.75, 3.05) is 18.4 Å². The number of carbonyl (C=O) groups is 2. The van der Waals surface area contributed by atoms with Gasteiger partial charge in [-0.1, -0.05) is 42.3 Å². The van der Waals surface area contributed by atoms with E-state index in [0.717, 1.165) is 5.56 Å². The number of anilines is 1. The van der Waals surface area contributed by atoms with E-state index < -0.39 is 5.54 Å². The Morgan fingerprint density at radius 3 is 2.17 bits per heavy atom. The molecule has 1 heterocycles. The number of nitrogens with one attached hydrogen (secondary N) is 1. The van der Waals surface area contributed by atoms with Crippen LogP contribution in [0, 0.1) is 0 Å². The number of rotatable bonds is 5. The molecule has 3 rings (SSSR count). The van der Waals surface area contributed by atoms with Gasteiger partial charge in [0.05, 0.1) is 12.3 Å². The number of carbonyl (C=O) groups excluding carboxylic acids is 2. The van der Waals surface area contributed by atoms with Gasteiger partial charge in [-0.3, -0.25) is 4.79 Å². The average molecular weight is 447 g/mol. The van der Waals surface area contributed by atoms with Crippen molar-refractivity contribution in [2.24, 2.45) is 5.10 Å². The van der Waals surface area contributed by atoms with E-state index in [2.05, 4.69) is 10.4 Å². The van der Waals surface area contributed by atoms with Crippen LogP contribution in [0.15, 0.2) is 53.6 Å². The van der Waals surface area contributed by atoms with E-state index in [1.54, 1.807) is 41.3 Å². The number of benzene rings is 2. The first-order valence-corrected chi connectivity index (χ1v) is 10.5. The minimum absolute atomic E-state index is 0.00150. The molecule has 30 heavy (non-hydrogen) atoms. The standard InChI is InChI=1S/C22H24Cl2N4O2/c1-4-19(29)27(5-2)22(3)14-28(21(30)25-18-12-10-17(24)11-13-18)26-20(22)15-6-8-16(23)9-7-15/h6-13H,4-5,14H2,1-3H3,(H,25,30). The molecule has 0 saturated carbocycles. The van der Waals surface area contributed by atoms with Gasteiger partial charge >= 0.3 is 6.03 Å². The Balaban J connectivity index is 1.96. The lowest BCUT2D eigenvalue weighted by molar-refractivity contribution is -0.134. The van der Waals surface area contributed by atoms with Crippen LogP contribution in [0.5, 0.6) is 0 Å². The molecule has 0 fully saturated rings. The van der Waals surface area contributed by atoms with Crippen molar-refractivity contribution in [3.8, 4) is 0 Å². The number of amides is 3. The minimum Gasteiger partial charge on any atom is -0.330 e. The molecule has 1 unspecified atom stereocenters. The van der Waals surface area contributed by atoms with Crippen LogP contribution in [0.25, 0.3) is 0 Å². The highest BCUT2D eigenvalue weighted by Crippen LogP contribution is 2.31. The van der Waals surface area contributed by atoms with Gasteiger partial charge in [0.25, 0.3) is 0 Å². The topological polar surface area (TPSA) is 65.0 Å². The maximum absolute atomic E-state index is 12.9. The number of nitrogens with zero attached hydrogens (tertiary/aromatic N) is 3. The van der Waals surface area contributed by atoms with E-state index >= 15 is 0 Å². The second-order valence-electron chi connectivity index (χ2n) is 7.22.